The maximum atomic E-state index is 12.5. The Hall–Kier alpha value is -2.78. The van der Waals surface area contributed by atoms with E-state index in [0.29, 0.717) is 17.0 Å². The molecule has 1 fully saturated rings. The number of allylic oxidation sites excluding steroid dienone is 2. The number of nitrogens with zero attached hydrogens (tertiary/aromatic N) is 1. The number of benzene rings is 1. The van der Waals surface area contributed by atoms with Crippen LogP contribution in [0.1, 0.15) is 86.8 Å². The van der Waals surface area contributed by atoms with Crippen molar-refractivity contribution in [1.82, 2.24) is 4.90 Å². The third kappa shape index (κ3) is 7.11. The molecule has 1 aliphatic carbocycles. The zero-order valence-corrected chi connectivity index (χ0v) is 21.7. The number of hydrogen-bond donors (Lipinski definition) is 1. The maximum absolute atomic E-state index is 12.5. The van der Waals surface area contributed by atoms with E-state index in [1.165, 1.54) is 12.7 Å². The molecule has 0 radical (unpaired) electrons. The second kappa shape index (κ2) is 12.1. The molecular formula is C28H39NO5. The number of methoxy groups -OCH3 is 1. The second-order valence-corrected chi connectivity index (χ2v) is 9.81. The summed E-state index contributed by atoms with van der Waals surface area (Å²) < 4.78 is 10.6. The van der Waals surface area contributed by atoms with Crippen molar-refractivity contribution in [3.8, 4) is 11.8 Å². The molecule has 0 aliphatic heterocycles. The predicted molar refractivity (Wildman–Crippen MR) is 134 cm³/mol. The molecule has 34 heavy (non-hydrogen) atoms. The third-order valence-electron chi connectivity index (χ3n) is 6.23. The maximum Gasteiger partial charge on any atom is 0.410 e. The van der Waals surface area contributed by atoms with Crippen LogP contribution in [0.2, 0.25) is 0 Å². The zero-order chi connectivity index (χ0) is 25.5. The Kier molecular flexibility index (Phi) is 9.76. The van der Waals surface area contributed by atoms with Crippen LogP contribution in [-0.4, -0.2) is 54.5 Å². The summed E-state index contributed by atoms with van der Waals surface area (Å²) in [5.74, 6) is 5.53. The molecule has 1 aromatic rings. The first-order valence-corrected chi connectivity index (χ1v) is 12.0. The van der Waals surface area contributed by atoms with Crippen molar-refractivity contribution < 1.29 is 24.2 Å². The molecule has 0 unspecified atom stereocenters. The van der Waals surface area contributed by atoms with E-state index in [0.717, 1.165) is 43.2 Å². The Balaban J connectivity index is 2.32. The number of amides is 1. The average molecular weight is 470 g/mol. The van der Waals surface area contributed by atoms with Gasteiger partial charge in [0.05, 0.1) is 12.7 Å². The van der Waals surface area contributed by atoms with Crippen LogP contribution in [-0.2, 0) is 9.47 Å². The van der Waals surface area contributed by atoms with Gasteiger partial charge < -0.3 is 19.5 Å². The quantitative estimate of drug-likeness (QED) is 0.465. The van der Waals surface area contributed by atoms with Gasteiger partial charge in [-0.1, -0.05) is 24.8 Å². The predicted octanol–water partition coefficient (Wildman–Crippen LogP) is 5.34. The largest absolute Gasteiger partial charge is 0.465 e. The second-order valence-electron chi connectivity index (χ2n) is 9.81. The fourth-order valence-electron chi connectivity index (χ4n) is 4.52. The highest BCUT2D eigenvalue weighted by atomic mass is 16.6. The van der Waals surface area contributed by atoms with Crippen LogP contribution in [0.15, 0.2) is 18.2 Å². The molecule has 1 aromatic carbocycles. The number of carbonyl (C=O) groups is 2. The van der Waals surface area contributed by atoms with Gasteiger partial charge in [-0.3, -0.25) is 0 Å². The van der Waals surface area contributed by atoms with E-state index in [1.54, 1.807) is 11.0 Å². The highest BCUT2D eigenvalue weighted by Gasteiger charge is 2.31. The summed E-state index contributed by atoms with van der Waals surface area (Å²) in [5, 5.41) is 9.13. The molecule has 1 amide bonds. The topological polar surface area (TPSA) is 76.1 Å². The van der Waals surface area contributed by atoms with Gasteiger partial charge in [0.1, 0.15) is 12.2 Å². The molecule has 0 heterocycles. The lowest BCUT2D eigenvalue weighted by atomic mass is 9.77. The van der Waals surface area contributed by atoms with Gasteiger partial charge in [-0.25, -0.2) is 9.59 Å². The molecule has 0 aromatic heterocycles. The van der Waals surface area contributed by atoms with Gasteiger partial charge in [-0.2, -0.15) is 0 Å². The standard InChI is InChI=1S/C28H39NO5/c1-8-10-23(21-12-14-22(15-13-21)29(6)27(32)34-28(3,4)5)24-17-20(11-9-16-30)18-25(19(24)2)26(31)33-7/h10,17-18,21-22,30H,8,12-16H2,1-7H3. The smallest absolute Gasteiger partial charge is 0.410 e. The van der Waals surface area contributed by atoms with Gasteiger partial charge in [0.15, 0.2) is 0 Å². The van der Waals surface area contributed by atoms with E-state index in [4.69, 9.17) is 14.6 Å². The summed E-state index contributed by atoms with van der Waals surface area (Å²) in [6.45, 7) is 9.43. The first kappa shape index (κ1) is 27.5. The van der Waals surface area contributed by atoms with Crippen LogP contribution in [0, 0.1) is 24.7 Å². The van der Waals surface area contributed by atoms with Crippen LogP contribution in [0.5, 0.6) is 0 Å². The molecule has 6 nitrogen and oxygen atoms in total. The van der Waals surface area contributed by atoms with Crippen LogP contribution in [0.3, 0.4) is 0 Å². The molecule has 2 rings (SSSR count). The molecule has 186 valence electrons. The Morgan fingerprint density at radius 2 is 1.79 bits per heavy atom. The normalized spacial score (nSPS) is 18.5. The van der Waals surface area contributed by atoms with Gasteiger partial charge in [0, 0.05) is 18.7 Å². The fraction of sp³-hybridized carbons (Fsp3) is 0.571. The number of aliphatic hydroxyl groups is 1. The minimum Gasteiger partial charge on any atom is -0.465 e. The van der Waals surface area contributed by atoms with Crippen LogP contribution in [0.25, 0.3) is 5.57 Å². The van der Waals surface area contributed by atoms with E-state index in [1.807, 2.05) is 40.8 Å². The lowest BCUT2D eigenvalue weighted by Crippen LogP contribution is -2.42. The summed E-state index contributed by atoms with van der Waals surface area (Å²) >= 11 is 0. The first-order valence-electron chi connectivity index (χ1n) is 12.0. The molecule has 0 atom stereocenters. The molecule has 0 bridgehead atoms. The monoisotopic (exact) mass is 469 g/mol. The van der Waals surface area contributed by atoms with Crippen molar-refractivity contribution in [1.29, 1.82) is 0 Å². The average Bonchev–Trinajstić information content (AvgIpc) is 2.80. The number of aliphatic hydroxyl groups excluding tert-OH is 1. The Bertz CT molecular complexity index is 969. The van der Waals surface area contributed by atoms with E-state index in [2.05, 4.69) is 24.8 Å². The minimum absolute atomic E-state index is 0.141. The minimum atomic E-state index is -0.515. The summed E-state index contributed by atoms with van der Waals surface area (Å²) in [6.07, 6.45) is 6.45. The Morgan fingerprint density at radius 3 is 2.32 bits per heavy atom. The van der Waals surface area contributed by atoms with Crippen molar-refractivity contribution in [2.75, 3.05) is 20.8 Å². The molecule has 0 spiro atoms. The van der Waals surface area contributed by atoms with E-state index in [-0.39, 0.29) is 18.7 Å². The SMILES string of the molecule is CCC=C(c1cc(C#CCO)cc(C(=O)OC)c1C)C1CCC(N(C)C(=O)OC(C)(C)C)CC1. The Morgan fingerprint density at radius 1 is 1.18 bits per heavy atom. The van der Waals surface area contributed by atoms with Crippen molar-refractivity contribution in [3.05, 3.63) is 40.5 Å². The third-order valence-corrected chi connectivity index (χ3v) is 6.23. The van der Waals surface area contributed by atoms with Crippen molar-refractivity contribution in [2.24, 2.45) is 5.92 Å². The van der Waals surface area contributed by atoms with Crippen LogP contribution >= 0.6 is 0 Å². The highest BCUT2D eigenvalue weighted by molar-refractivity contribution is 5.93. The Labute approximate surface area is 204 Å². The molecule has 0 saturated heterocycles. The van der Waals surface area contributed by atoms with Gasteiger partial charge in [-0.15, -0.1) is 0 Å². The molecule has 1 aliphatic rings. The number of hydrogen-bond acceptors (Lipinski definition) is 5. The number of esters is 1. The van der Waals surface area contributed by atoms with Crippen LogP contribution in [0.4, 0.5) is 4.79 Å². The number of carbonyl (C=O) groups excluding carboxylic acids is 2. The molecule has 1 N–H and O–H groups in total. The van der Waals surface area contributed by atoms with E-state index < -0.39 is 11.6 Å². The summed E-state index contributed by atoms with van der Waals surface area (Å²) in [6, 6.07) is 3.87. The molecular weight excluding hydrogens is 430 g/mol. The van der Waals surface area contributed by atoms with Gasteiger partial charge >= 0.3 is 12.1 Å². The van der Waals surface area contributed by atoms with E-state index in [9.17, 15) is 9.59 Å². The summed E-state index contributed by atoms with van der Waals surface area (Å²) in [4.78, 5) is 26.7. The van der Waals surface area contributed by atoms with Crippen molar-refractivity contribution in [2.45, 2.75) is 78.4 Å². The van der Waals surface area contributed by atoms with Gasteiger partial charge in [-0.05, 0) is 94.5 Å². The summed E-state index contributed by atoms with van der Waals surface area (Å²) in [5.41, 5.74) is 3.72. The zero-order valence-electron chi connectivity index (χ0n) is 21.7. The van der Waals surface area contributed by atoms with Gasteiger partial charge in [0.2, 0.25) is 0 Å². The van der Waals surface area contributed by atoms with Crippen molar-refractivity contribution in [3.63, 3.8) is 0 Å². The lowest BCUT2D eigenvalue weighted by molar-refractivity contribution is 0.0180. The summed E-state index contributed by atoms with van der Waals surface area (Å²) in [7, 11) is 3.19. The van der Waals surface area contributed by atoms with Crippen molar-refractivity contribution >= 4 is 17.6 Å². The van der Waals surface area contributed by atoms with Crippen LogP contribution < -0.4 is 0 Å². The number of rotatable bonds is 5. The molecule has 1 saturated carbocycles. The lowest BCUT2D eigenvalue weighted by Gasteiger charge is -2.36. The highest BCUT2D eigenvalue weighted by Crippen LogP contribution is 2.39. The van der Waals surface area contributed by atoms with E-state index >= 15 is 0 Å². The molecule has 6 heteroatoms. The first-order chi connectivity index (χ1) is 16.0. The fourth-order valence-corrected chi connectivity index (χ4v) is 4.52. The van der Waals surface area contributed by atoms with Gasteiger partial charge in [0.25, 0.3) is 0 Å². The number of ether oxygens (including phenoxy) is 2.